The number of fused-ring (bicyclic) bond motifs is 1. The first-order valence-electron chi connectivity index (χ1n) is 7.27. The van der Waals surface area contributed by atoms with E-state index < -0.39 is 6.36 Å². The van der Waals surface area contributed by atoms with E-state index in [0.717, 1.165) is 44.1 Å². The molecule has 22 heavy (non-hydrogen) atoms. The van der Waals surface area contributed by atoms with Crippen LogP contribution in [-0.4, -0.2) is 37.4 Å². The second kappa shape index (κ2) is 7.06. The third kappa shape index (κ3) is 4.51. The van der Waals surface area contributed by atoms with E-state index in [4.69, 9.17) is 0 Å². The van der Waals surface area contributed by atoms with Crippen molar-refractivity contribution in [3.8, 4) is 5.75 Å². The van der Waals surface area contributed by atoms with Gasteiger partial charge < -0.3 is 10.1 Å². The molecule has 2 aliphatic heterocycles. The summed E-state index contributed by atoms with van der Waals surface area (Å²) in [5.74, 6) is 1.30. The lowest BCUT2D eigenvalue weighted by Crippen LogP contribution is -2.39. The molecule has 124 valence electrons. The molecule has 2 atom stereocenters. The maximum atomic E-state index is 12.2. The molecule has 2 heterocycles. The summed E-state index contributed by atoms with van der Waals surface area (Å²) < 4.78 is 40.7. The van der Waals surface area contributed by atoms with Crippen molar-refractivity contribution >= 4 is 12.4 Å². The zero-order valence-corrected chi connectivity index (χ0v) is 12.9. The topological polar surface area (TPSA) is 24.5 Å². The lowest BCUT2D eigenvalue weighted by molar-refractivity contribution is -0.274. The maximum Gasteiger partial charge on any atom is 0.573 e. The summed E-state index contributed by atoms with van der Waals surface area (Å²) in [5.41, 5.74) is 0.862. The van der Waals surface area contributed by atoms with Gasteiger partial charge in [0.15, 0.2) is 0 Å². The molecule has 0 aromatic heterocycles. The van der Waals surface area contributed by atoms with Gasteiger partial charge in [0, 0.05) is 13.1 Å². The number of likely N-dealkylation sites (tertiary alicyclic amines) is 1. The standard InChI is InChI=1S/C15H19F3N2O.ClH/c16-15(17,18)21-14-3-1-2-11(6-14)9-20-5-4-12-7-19-8-13(12)10-20;/h1-3,6,12-13,19H,4-5,7-10H2;1H. The Bertz CT molecular complexity index is 498. The molecule has 2 aliphatic rings. The van der Waals surface area contributed by atoms with Crippen LogP contribution in [-0.2, 0) is 6.54 Å². The lowest BCUT2D eigenvalue weighted by atomic mass is 9.88. The molecule has 0 spiro atoms. The van der Waals surface area contributed by atoms with Gasteiger partial charge in [0.1, 0.15) is 5.75 Å². The number of hydrogen-bond acceptors (Lipinski definition) is 3. The van der Waals surface area contributed by atoms with Crippen LogP contribution in [0.1, 0.15) is 12.0 Å². The number of halogens is 4. The number of nitrogens with one attached hydrogen (secondary N) is 1. The van der Waals surface area contributed by atoms with Gasteiger partial charge in [-0.05, 0) is 55.6 Å². The first kappa shape index (κ1) is 17.4. The van der Waals surface area contributed by atoms with E-state index in [2.05, 4.69) is 15.0 Å². The third-order valence-corrected chi connectivity index (χ3v) is 4.33. The van der Waals surface area contributed by atoms with Gasteiger partial charge in [-0.15, -0.1) is 25.6 Å². The minimum atomic E-state index is -4.63. The molecule has 3 rings (SSSR count). The lowest BCUT2D eigenvalue weighted by Gasteiger charge is -2.34. The summed E-state index contributed by atoms with van der Waals surface area (Å²) in [4.78, 5) is 2.32. The number of benzene rings is 1. The second-order valence-corrected chi connectivity index (χ2v) is 5.90. The predicted molar refractivity (Wildman–Crippen MR) is 80.1 cm³/mol. The number of alkyl halides is 3. The van der Waals surface area contributed by atoms with Crippen LogP contribution in [0, 0.1) is 11.8 Å². The van der Waals surface area contributed by atoms with Crippen LogP contribution in [0.2, 0.25) is 0 Å². The minimum absolute atomic E-state index is 0. The Morgan fingerprint density at radius 3 is 2.77 bits per heavy atom. The highest BCUT2D eigenvalue weighted by Crippen LogP contribution is 2.28. The Balaban J connectivity index is 0.00000176. The largest absolute Gasteiger partial charge is 0.573 e. The Morgan fingerprint density at radius 2 is 2.00 bits per heavy atom. The minimum Gasteiger partial charge on any atom is -0.406 e. The van der Waals surface area contributed by atoms with Crippen molar-refractivity contribution in [2.45, 2.75) is 19.3 Å². The number of hydrogen-bond donors (Lipinski definition) is 1. The molecule has 7 heteroatoms. The monoisotopic (exact) mass is 336 g/mol. The van der Waals surface area contributed by atoms with E-state index in [9.17, 15) is 13.2 Å². The highest BCUT2D eigenvalue weighted by atomic mass is 35.5. The molecule has 1 N–H and O–H groups in total. The SMILES string of the molecule is Cl.FC(F)(F)Oc1cccc(CN2CCC3CNCC3C2)c1. The normalized spacial score (nSPS) is 25.4. The molecule has 2 saturated heterocycles. The quantitative estimate of drug-likeness (QED) is 0.918. The molecule has 0 aliphatic carbocycles. The van der Waals surface area contributed by atoms with Gasteiger partial charge in [-0.2, -0.15) is 0 Å². The molecule has 2 fully saturated rings. The van der Waals surface area contributed by atoms with Crippen LogP contribution in [0.5, 0.6) is 5.75 Å². The summed E-state index contributed by atoms with van der Waals surface area (Å²) in [6, 6.07) is 6.28. The number of ether oxygens (including phenoxy) is 1. The molecule has 0 saturated carbocycles. The fourth-order valence-electron chi connectivity index (χ4n) is 3.35. The van der Waals surface area contributed by atoms with Crippen molar-refractivity contribution in [1.29, 1.82) is 0 Å². The van der Waals surface area contributed by atoms with Gasteiger partial charge in [-0.1, -0.05) is 12.1 Å². The van der Waals surface area contributed by atoms with Gasteiger partial charge in [0.05, 0.1) is 0 Å². The average molecular weight is 337 g/mol. The smallest absolute Gasteiger partial charge is 0.406 e. The summed E-state index contributed by atoms with van der Waals surface area (Å²) in [6.07, 6.45) is -3.47. The first-order valence-corrected chi connectivity index (χ1v) is 7.27. The Hall–Kier alpha value is -0.980. The Labute approximate surface area is 134 Å². The van der Waals surface area contributed by atoms with Gasteiger partial charge in [0.25, 0.3) is 0 Å². The van der Waals surface area contributed by atoms with E-state index in [1.165, 1.54) is 12.1 Å². The summed E-state index contributed by atoms with van der Waals surface area (Å²) >= 11 is 0. The van der Waals surface area contributed by atoms with Crippen LogP contribution in [0.3, 0.4) is 0 Å². The van der Waals surface area contributed by atoms with Gasteiger partial charge in [0.2, 0.25) is 0 Å². The Morgan fingerprint density at radius 1 is 1.23 bits per heavy atom. The van der Waals surface area contributed by atoms with Crippen LogP contribution >= 0.6 is 12.4 Å². The van der Waals surface area contributed by atoms with Crippen molar-refractivity contribution in [1.82, 2.24) is 10.2 Å². The Kier molecular flexibility index (Phi) is 5.58. The second-order valence-electron chi connectivity index (χ2n) is 5.90. The van der Waals surface area contributed by atoms with Crippen LogP contribution in [0.15, 0.2) is 24.3 Å². The molecule has 1 aromatic rings. The molecule has 0 radical (unpaired) electrons. The summed E-state index contributed by atoms with van der Waals surface area (Å²) in [5, 5.41) is 3.41. The van der Waals surface area contributed by atoms with Crippen molar-refractivity contribution in [3.05, 3.63) is 29.8 Å². The zero-order valence-electron chi connectivity index (χ0n) is 12.1. The van der Waals surface area contributed by atoms with Crippen molar-refractivity contribution in [3.63, 3.8) is 0 Å². The van der Waals surface area contributed by atoms with E-state index in [0.29, 0.717) is 12.5 Å². The zero-order chi connectivity index (χ0) is 14.9. The molecule has 0 bridgehead atoms. The van der Waals surface area contributed by atoms with Crippen LogP contribution < -0.4 is 10.1 Å². The molecular formula is C15H20ClF3N2O. The van der Waals surface area contributed by atoms with E-state index >= 15 is 0 Å². The van der Waals surface area contributed by atoms with Gasteiger partial charge in [-0.25, -0.2) is 0 Å². The molecule has 0 amide bonds. The fourth-order valence-corrected chi connectivity index (χ4v) is 3.35. The predicted octanol–water partition coefficient (Wildman–Crippen LogP) is 3.05. The molecule has 2 unspecified atom stereocenters. The fraction of sp³-hybridized carbons (Fsp3) is 0.600. The van der Waals surface area contributed by atoms with E-state index in [1.54, 1.807) is 6.07 Å². The van der Waals surface area contributed by atoms with Crippen LogP contribution in [0.4, 0.5) is 13.2 Å². The highest BCUT2D eigenvalue weighted by molar-refractivity contribution is 5.85. The van der Waals surface area contributed by atoms with E-state index in [-0.39, 0.29) is 18.2 Å². The van der Waals surface area contributed by atoms with Crippen molar-refractivity contribution < 1.29 is 17.9 Å². The average Bonchev–Trinajstić information content (AvgIpc) is 2.84. The van der Waals surface area contributed by atoms with Crippen molar-refractivity contribution in [2.24, 2.45) is 11.8 Å². The van der Waals surface area contributed by atoms with Crippen molar-refractivity contribution in [2.75, 3.05) is 26.2 Å². The van der Waals surface area contributed by atoms with Crippen LogP contribution in [0.25, 0.3) is 0 Å². The molecule has 3 nitrogen and oxygen atoms in total. The van der Waals surface area contributed by atoms with Gasteiger partial charge in [-0.3, -0.25) is 4.90 Å². The highest BCUT2D eigenvalue weighted by Gasteiger charge is 2.33. The molecule has 1 aromatic carbocycles. The number of rotatable bonds is 3. The third-order valence-electron chi connectivity index (χ3n) is 4.33. The number of piperidine rings is 1. The first-order chi connectivity index (χ1) is 9.99. The molecular weight excluding hydrogens is 317 g/mol. The maximum absolute atomic E-state index is 12.2. The summed E-state index contributed by atoms with van der Waals surface area (Å²) in [6.45, 7) is 4.86. The number of nitrogens with zero attached hydrogens (tertiary/aromatic N) is 1. The van der Waals surface area contributed by atoms with Gasteiger partial charge >= 0.3 is 6.36 Å². The summed E-state index contributed by atoms with van der Waals surface area (Å²) in [7, 11) is 0. The van der Waals surface area contributed by atoms with E-state index in [1.807, 2.05) is 6.07 Å².